The molecule has 8 heteroatoms. The number of nitrogens with zero attached hydrogens (tertiary/aromatic N) is 3. The summed E-state index contributed by atoms with van der Waals surface area (Å²) < 4.78 is 16.0. The highest BCUT2D eigenvalue weighted by Crippen LogP contribution is 2.30. The summed E-state index contributed by atoms with van der Waals surface area (Å²) in [6.07, 6.45) is 1.76. The Balaban J connectivity index is 1.37. The lowest BCUT2D eigenvalue weighted by molar-refractivity contribution is -0.121. The van der Waals surface area contributed by atoms with E-state index >= 15 is 0 Å². The number of amides is 1. The maximum absolute atomic E-state index is 12.9. The molecule has 2 heterocycles. The van der Waals surface area contributed by atoms with Gasteiger partial charge in [-0.2, -0.15) is 4.98 Å². The van der Waals surface area contributed by atoms with Crippen molar-refractivity contribution in [3.63, 3.8) is 0 Å². The predicted octanol–water partition coefficient (Wildman–Crippen LogP) is 3.60. The minimum Gasteiger partial charge on any atom is -0.497 e. The smallest absolute Gasteiger partial charge is 0.241 e. The van der Waals surface area contributed by atoms with E-state index < -0.39 is 0 Å². The number of nitrogens with one attached hydrogen (secondary N) is 1. The van der Waals surface area contributed by atoms with Crippen molar-refractivity contribution in [3.05, 3.63) is 54.4 Å². The molecule has 4 rings (SSSR count). The molecule has 162 valence electrons. The van der Waals surface area contributed by atoms with Gasteiger partial charge in [0, 0.05) is 18.2 Å². The number of rotatable bonds is 7. The van der Waals surface area contributed by atoms with Crippen LogP contribution in [0.15, 0.2) is 53.1 Å². The van der Waals surface area contributed by atoms with Crippen molar-refractivity contribution < 1.29 is 18.8 Å². The molecule has 31 heavy (non-hydrogen) atoms. The van der Waals surface area contributed by atoms with Crippen molar-refractivity contribution >= 4 is 11.6 Å². The first-order valence-electron chi connectivity index (χ1n) is 10.3. The van der Waals surface area contributed by atoms with E-state index in [4.69, 9.17) is 14.0 Å². The zero-order valence-corrected chi connectivity index (χ0v) is 17.7. The number of ether oxygens (including phenoxy) is 2. The fraction of sp³-hybridized carbons (Fsp3) is 0.348. The van der Waals surface area contributed by atoms with Crippen LogP contribution in [0.4, 0.5) is 5.69 Å². The molecular formula is C23H26N4O4. The second-order valence-electron chi connectivity index (χ2n) is 7.51. The number of hydrogen-bond acceptors (Lipinski definition) is 7. The average Bonchev–Trinajstić information content (AvgIpc) is 3.28. The summed E-state index contributed by atoms with van der Waals surface area (Å²) in [4.78, 5) is 19.6. The van der Waals surface area contributed by atoms with Crippen LogP contribution in [0.3, 0.4) is 0 Å². The minimum absolute atomic E-state index is 0.0244. The molecular weight excluding hydrogens is 396 g/mol. The second-order valence-corrected chi connectivity index (χ2v) is 7.51. The number of piperidine rings is 1. The first-order chi connectivity index (χ1) is 15.2. The Morgan fingerprint density at radius 1 is 1.19 bits per heavy atom. The highest BCUT2D eigenvalue weighted by atomic mass is 16.5. The Morgan fingerprint density at radius 3 is 2.81 bits per heavy atom. The van der Waals surface area contributed by atoms with Gasteiger partial charge in [0.1, 0.15) is 11.5 Å². The molecule has 1 atom stereocenters. The number of benzene rings is 2. The summed E-state index contributed by atoms with van der Waals surface area (Å²) in [5.74, 6) is 2.22. The molecule has 1 saturated heterocycles. The van der Waals surface area contributed by atoms with E-state index in [1.807, 2.05) is 30.3 Å². The number of likely N-dealkylation sites (tertiary alicyclic amines) is 1. The summed E-state index contributed by atoms with van der Waals surface area (Å²) >= 11 is 0. The number of methoxy groups -OCH3 is 2. The zero-order valence-electron chi connectivity index (χ0n) is 17.7. The summed E-state index contributed by atoms with van der Waals surface area (Å²) in [6.45, 7) is 2.04. The van der Waals surface area contributed by atoms with Gasteiger partial charge in [-0.05, 0) is 31.5 Å². The standard InChI is InChI=1S/C23H26N4O4/c1-29-18-10-11-19(20(13-18)30-2)24-23(28)17-9-6-12-27(14-17)15-21-25-22(26-31-21)16-7-4-3-5-8-16/h3-5,7-8,10-11,13,17H,6,9,12,14-15H2,1-2H3,(H,24,28). The van der Waals surface area contributed by atoms with Gasteiger partial charge in [-0.25, -0.2) is 0 Å². The van der Waals surface area contributed by atoms with E-state index in [9.17, 15) is 4.79 Å². The number of carbonyl (C=O) groups is 1. The van der Waals surface area contributed by atoms with Crippen molar-refractivity contribution in [2.24, 2.45) is 5.92 Å². The third kappa shape index (κ3) is 5.03. The van der Waals surface area contributed by atoms with Crippen LogP contribution >= 0.6 is 0 Å². The van der Waals surface area contributed by atoms with Crippen LogP contribution in [0.5, 0.6) is 11.5 Å². The van der Waals surface area contributed by atoms with Crippen LogP contribution in [0.1, 0.15) is 18.7 Å². The quantitative estimate of drug-likeness (QED) is 0.622. The topological polar surface area (TPSA) is 89.7 Å². The van der Waals surface area contributed by atoms with Gasteiger partial charge in [0.05, 0.1) is 32.4 Å². The molecule has 0 radical (unpaired) electrons. The zero-order chi connectivity index (χ0) is 21.6. The predicted molar refractivity (Wildman–Crippen MR) is 116 cm³/mol. The molecule has 8 nitrogen and oxygen atoms in total. The highest BCUT2D eigenvalue weighted by molar-refractivity contribution is 5.94. The Labute approximate surface area is 181 Å². The number of carbonyl (C=O) groups excluding carboxylic acids is 1. The SMILES string of the molecule is COc1ccc(NC(=O)C2CCCN(Cc3nc(-c4ccccc4)no3)C2)c(OC)c1. The fourth-order valence-electron chi connectivity index (χ4n) is 3.76. The molecule has 0 spiro atoms. The summed E-state index contributed by atoms with van der Waals surface area (Å²) in [7, 11) is 3.16. The lowest BCUT2D eigenvalue weighted by atomic mass is 9.97. The first kappa shape index (κ1) is 20.9. The molecule has 1 amide bonds. The molecule has 1 unspecified atom stereocenters. The molecule has 1 aromatic heterocycles. The van der Waals surface area contributed by atoms with E-state index in [0.717, 1.165) is 24.9 Å². The van der Waals surface area contributed by atoms with Gasteiger partial charge in [-0.1, -0.05) is 35.5 Å². The minimum atomic E-state index is -0.128. The average molecular weight is 422 g/mol. The third-order valence-electron chi connectivity index (χ3n) is 5.40. The van der Waals surface area contributed by atoms with Crippen LogP contribution in [-0.2, 0) is 11.3 Å². The van der Waals surface area contributed by atoms with Crippen LogP contribution < -0.4 is 14.8 Å². The Hall–Kier alpha value is -3.39. The molecule has 3 aromatic rings. The van der Waals surface area contributed by atoms with E-state index in [2.05, 4.69) is 20.4 Å². The number of hydrogen-bond donors (Lipinski definition) is 1. The van der Waals surface area contributed by atoms with Crippen LogP contribution in [0, 0.1) is 5.92 Å². The van der Waals surface area contributed by atoms with Crippen molar-refractivity contribution in [2.75, 3.05) is 32.6 Å². The van der Waals surface area contributed by atoms with Crippen LogP contribution in [-0.4, -0.2) is 48.3 Å². The van der Waals surface area contributed by atoms with Gasteiger partial charge >= 0.3 is 0 Å². The Kier molecular flexibility index (Phi) is 6.47. The summed E-state index contributed by atoms with van der Waals surface area (Å²) in [5.41, 5.74) is 1.55. The maximum atomic E-state index is 12.9. The molecule has 1 aliphatic rings. The van der Waals surface area contributed by atoms with Gasteiger partial charge < -0.3 is 19.3 Å². The number of anilines is 1. The first-order valence-corrected chi connectivity index (χ1v) is 10.3. The van der Waals surface area contributed by atoms with Gasteiger partial charge in [-0.15, -0.1) is 0 Å². The summed E-state index contributed by atoms with van der Waals surface area (Å²) in [5, 5.41) is 7.07. The van der Waals surface area contributed by atoms with Gasteiger partial charge in [0.25, 0.3) is 0 Å². The van der Waals surface area contributed by atoms with Crippen LogP contribution in [0.25, 0.3) is 11.4 Å². The molecule has 0 aliphatic carbocycles. The summed E-state index contributed by atoms with van der Waals surface area (Å²) in [6, 6.07) is 15.1. The van der Waals surface area contributed by atoms with Crippen molar-refractivity contribution in [3.8, 4) is 22.9 Å². The molecule has 1 aliphatic heterocycles. The van der Waals surface area contributed by atoms with Crippen molar-refractivity contribution in [2.45, 2.75) is 19.4 Å². The molecule has 1 fully saturated rings. The largest absolute Gasteiger partial charge is 0.497 e. The third-order valence-corrected chi connectivity index (χ3v) is 5.40. The highest BCUT2D eigenvalue weighted by Gasteiger charge is 2.27. The normalized spacial score (nSPS) is 16.6. The van der Waals surface area contributed by atoms with E-state index in [1.165, 1.54) is 0 Å². The molecule has 2 aromatic carbocycles. The lowest BCUT2D eigenvalue weighted by Crippen LogP contribution is -2.40. The van der Waals surface area contributed by atoms with E-state index in [0.29, 0.717) is 42.0 Å². The van der Waals surface area contributed by atoms with E-state index in [-0.39, 0.29) is 11.8 Å². The van der Waals surface area contributed by atoms with Gasteiger partial charge in [0.15, 0.2) is 0 Å². The van der Waals surface area contributed by atoms with E-state index in [1.54, 1.807) is 32.4 Å². The van der Waals surface area contributed by atoms with Crippen LogP contribution in [0.2, 0.25) is 0 Å². The van der Waals surface area contributed by atoms with Gasteiger partial charge in [0.2, 0.25) is 17.6 Å². The maximum Gasteiger partial charge on any atom is 0.241 e. The number of aromatic nitrogens is 2. The monoisotopic (exact) mass is 422 g/mol. The van der Waals surface area contributed by atoms with Gasteiger partial charge in [-0.3, -0.25) is 9.69 Å². The fourth-order valence-corrected chi connectivity index (χ4v) is 3.76. The Bertz CT molecular complexity index is 1020. The molecule has 0 bridgehead atoms. The Morgan fingerprint density at radius 2 is 2.03 bits per heavy atom. The van der Waals surface area contributed by atoms with Crippen molar-refractivity contribution in [1.82, 2.24) is 15.0 Å². The molecule has 0 saturated carbocycles. The molecule has 1 N–H and O–H groups in total. The lowest BCUT2D eigenvalue weighted by Gasteiger charge is -2.31. The second kappa shape index (κ2) is 9.61. The van der Waals surface area contributed by atoms with Crippen molar-refractivity contribution in [1.29, 1.82) is 0 Å².